The van der Waals surface area contributed by atoms with Crippen molar-refractivity contribution in [3.05, 3.63) is 71.9 Å². The zero-order valence-corrected chi connectivity index (χ0v) is 15.6. The van der Waals surface area contributed by atoms with E-state index in [0.717, 1.165) is 43.9 Å². The van der Waals surface area contributed by atoms with E-state index < -0.39 is 0 Å². The molecule has 3 aromatic rings. The highest BCUT2D eigenvalue weighted by Gasteiger charge is 2.21. The Kier molecular flexibility index (Phi) is 5.43. The van der Waals surface area contributed by atoms with Gasteiger partial charge in [0, 0.05) is 18.8 Å². The Morgan fingerprint density at radius 1 is 1.07 bits per heavy atom. The first-order valence-corrected chi connectivity index (χ1v) is 9.56. The number of hydrogen-bond donors (Lipinski definition) is 1. The Labute approximate surface area is 164 Å². The summed E-state index contributed by atoms with van der Waals surface area (Å²) >= 11 is 0. The first-order valence-electron chi connectivity index (χ1n) is 9.56. The molecule has 6 heteroatoms. The van der Waals surface area contributed by atoms with E-state index in [1.807, 2.05) is 12.1 Å². The third kappa shape index (κ3) is 4.44. The van der Waals surface area contributed by atoms with Crippen LogP contribution in [0.3, 0.4) is 0 Å². The van der Waals surface area contributed by atoms with Crippen LogP contribution in [0.15, 0.2) is 60.8 Å². The van der Waals surface area contributed by atoms with Gasteiger partial charge in [-0.05, 0) is 48.9 Å². The Morgan fingerprint density at radius 3 is 2.68 bits per heavy atom. The minimum atomic E-state index is 0.444. The van der Waals surface area contributed by atoms with Gasteiger partial charge in [0.2, 0.25) is 5.95 Å². The second-order valence-electron chi connectivity index (χ2n) is 7.08. The Morgan fingerprint density at radius 2 is 1.89 bits per heavy atom. The van der Waals surface area contributed by atoms with Crippen LogP contribution in [0.1, 0.15) is 24.0 Å². The Hall–Kier alpha value is -3.46. The molecule has 0 atom stereocenters. The average Bonchev–Trinajstić information content (AvgIpc) is 2.75. The topological polar surface area (TPSA) is 77.7 Å². The molecule has 4 rings (SSSR count). The summed E-state index contributed by atoms with van der Waals surface area (Å²) in [6.45, 7) is 1.94. The zero-order valence-electron chi connectivity index (χ0n) is 15.6. The SMILES string of the molecule is N#Cc1cccc(Nc2nncc(N3CCC(Cc4ccccc4)CC3)n2)c1. The van der Waals surface area contributed by atoms with Crippen LogP contribution in [-0.4, -0.2) is 28.3 Å². The van der Waals surface area contributed by atoms with E-state index in [1.165, 1.54) is 5.56 Å². The van der Waals surface area contributed by atoms with Crippen molar-refractivity contribution in [3.8, 4) is 6.07 Å². The van der Waals surface area contributed by atoms with Crippen molar-refractivity contribution in [2.45, 2.75) is 19.3 Å². The predicted molar refractivity (Wildman–Crippen MR) is 109 cm³/mol. The minimum Gasteiger partial charge on any atom is -0.355 e. The fourth-order valence-corrected chi connectivity index (χ4v) is 3.61. The number of aromatic nitrogens is 3. The summed E-state index contributed by atoms with van der Waals surface area (Å²) in [6, 6.07) is 20.1. The summed E-state index contributed by atoms with van der Waals surface area (Å²) in [6.07, 6.45) is 5.14. The molecule has 0 bridgehead atoms. The third-order valence-electron chi connectivity index (χ3n) is 5.10. The molecular weight excluding hydrogens is 348 g/mol. The molecule has 6 nitrogen and oxygen atoms in total. The van der Waals surface area contributed by atoms with Crippen LogP contribution in [0.4, 0.5) is 17.5 Å². The number of nitriles is 1. The van der Waals surface area contributed by atoms with Gasteiger partial charge in [-0.1, -0.05) is 36.4 Å². The predicted octanol–water partition coefficient (Wildman–Crippen LogP) is 3.95. The molecule has 140 valence electrons. The molecule has 2 aromatic carbocycles. The van der Waals surface area contributed by atoms with Crippen LogP contribution in [0.25, 0.3) is 0 Å². The van der Waals surface area contributed by atoms with Crippen LogP contribution >= 0.6 is 0 Å². The molecule has 0 unspecified atom stereocenters. The van der Waals surface area contributed by atoms with Gasteiger partial charge in [-0.3, -0.25) is 0 Å². The highest BCUT2D eigenvalue weighted by molar-refractivity contribution is 5.57. The lowest BCUT2D eigenvalue weighted by molar-refractivity contribution is 0.402. The molecule has 1 aromatic heterocycles. The van der Waals surface area contributed by atoms with Crippen molar-refractivity contribution in [2.75, 3.05) is 23.3 Å². The summed E-state index contributed by atoms with van der Waals surface area (Å²) in [5, 5.41) is 20.3. The van der Waals surface area contributed by atoms with Gasteiger partial charge < -0.3 is 10.2 Å². The van der Waals surface area contributed by atoms with Gasteiger partial charge in [-0.25, -0.2) is 0 Å². The molecule has 0 spiro atoms. The summed E-state index contributed by atoms with van der Waals surface area (Å²) in [5.41, 5.74) is 2.78. The zero-order chi connectivity index (χ0) is 19.2. The summed E-state index contributed by atoms with van der Waals surface area (Å²) in [7, 11) is 0. The van der Waals surface area contributed by atoms with Crippen LogP contribution in [-0.2, 0) is 6.42 Å². The molecule has 0 radical (unpaired) electrons. The molecule has 1 aliphatic heterocycles. The molecule has 2 heterocycles. The second-order valence-corrected chi connectivity index (χ2v) is 7.08. The van der Waals surface area contributed by atoms with Gasteiger partial charge in [-0.2, -0.15) is 15.3 Å². The minimum absolute atomic E-state index is 0.444. The smallest absolute Gasteiger partial charge is 0.249 e. The lowest BCUT2D eigenvalue weighted by atomic mass is 9.90. The van der Waals surface area contributed by atoms with Crippen molar-refractivity contribution in [1.82, 2.24) is 15.2 Å². The summed E-state index contributed by atoms with van der Waals surface area (Å²) in [4.78, 5) is 6.89. The molecule has 1 N–H and O–H groups in total. The quantitative estimate of drug-likeness (QED) is 0.733. The molecule has 1 aliphatic rings. The number of nitrogens with zero attached hydrogens (tertiary/aromatic N) is 5. The maximum absolute atomic E-state index is 9.03. The van der Waals surface area contributed by atoms with E-state index in [9.17, 15) is 0 Å². The first-order chi connectivity index (χ1) is 13.8. The highest BCUT2D eigenvalue weighted by Crippen LogP contribution is 2.25. The summed E-state index contributed by atoms with van der Waals surface area (Å²) < 4.78 is 0. The van der Waals surface area contributed by atoms with Gasteiger partial charge in [0.15, 0.2) is 5.82 Å². The molecule has 1 fully saturated rings. The lowest BCUT2D eigenvalue weighted by Gasteiger charge is -2.32. The van der Waals surface area contributed by atoms with E-state index in [4.69, 9.17) is 5.26 Å². The van der Waals surface area contributed by atoms with Crippen molar-refractivity contribution in [1.29, 1.82) is 5.26 Å². The average molecular weight is 370 g/mol. The number of hydrogen-bond acceptors (Lipinski definition) is 6. The van der Waals surface area contributed by atoms with Gasteiger partial charge >= 0.3 is 0 Å². The fraction of sp³-hybridized carbons (Fsp3) is 0.273. The van der Waals surface area contributed by atoms with Crippen molar-refractivity contribution < 1.29 is 0 Å². The standard InChI is InChI=1S/C22H22N6/c23-15-19-7-4-8-20(14-19)25-22-26-21(16-24-27-22)28-11-9-18(10-12-28)13-17-5-2-1-3-6-17/h1-8,14,16,18H,9-13H2,(H,25,26,27). The number of piperidine rings is 1. The van der Waals surface area contributed by atoms with E-state index in [1.54, 1.807) is 18.3 Å². The van der Waals surface area contributed by atoms with E-state index in [-0.39, 0.29) is 0 Å². The normalized spacial score (nSPS) is 14.5. The molecule has 1 saturated heterocycles. The maximum atomic E-state index is 9.03. The largest absolute Gasteiger partial charge is 0.355 e. The van der Waals surface area contributed by atoms with E-state index in [2.05, 4.69) is 61.8 Å². The van der Waals surface area contributed by atoms with Crippen LogP contribution < -0.4 is 10.2 Å². The third-order valence-corrected chi connectivity index (χ3v) is 5.10. The van der Waals surface area contributed by atoms with Crippen molar-refractivity contribution in [2.24, 2.45) is 5.92 Å². The molecule has 28 heavy (non-hydrogen) atoms. The van der Waals surface area contributed by atoms with E-state index in [0.29, 0.717) is 17.4 Å². The number of anilines is 3. The van der Waals surface area contributed by atoms with Crippen molar-refractivity contribution in [3.63, 3.8) is 0 Å². The monoisotopic (exact) mass is 370 g/mol. The van der Waals surface area contributed by atoms with Gasteiger partial charge in [0.05, 0.1) is 17.8 Å². The maximum Gasteiger partial charge on any atom is 0.249 e. The molecule has 0 amide bonds. The Bertz CT molecular complexity index is 958. The number of nitrogens with one attached hydrogen (secondary N) is 1. The number of rotatable bonds is 5. The highest BCUT2D eigenvalue weighted by atomic mass is 15.3. The molecule has 0 aliphatic carbocycles. The van der Waals surface area contributed by atoms with Crippen LogP contribution in [0.2, 0.25) is 0 Å². The number of benzene rings is 2. The first kappa shape index (κ1) is 17.9. The Balaban J connectivity index is 1.38. The molecule has 0 saturated carbocycles. The van der Waals surface area contributed by atoms with Gasteiger partial charge in [0.1, 0.15) is 0 Å². The van der Waals surface area contributed by atoms with Crippen LogP contribution in [0.5, 0.6) is 0 Å². The van der Waals surface area contributed by atoms with Gasteiger partial charge in [-0.15, -0.1) is 5.10 Å². The summed E-state index contributed by atoms with van der Waals surface area (Å²) in [5.74, 6) is 1.99. The lowest BCUT2D eigenvalue weighted by Crippen LogP contribution is -2.35. The van der Waals surface area contributed by atoms with Crippen LogP contribution in [0, 0.1) is 17.2 Å². The van der Waals surface area contributed by atoms with Crippen molar-refractivity contribution >= 4 is 17.5 Å². The molecular formula is C22H22N6. The van der Waals surface area contributed by atoms with Gasteiger partial charge in [0.25, 0.3) is 0 Å². The van der Waals surface area contributed by atoms with E-state index >= 15 is 0 Å². The fourth-order valence-electron chi connectivity index (χ4n) is 3.61. The second kappa shape index (κ2) is 8.49.